The first-order chi connectivity index (χ1) is 9.22. The Hall–Kier alpha value is -1.41. The van der Waals surface area contributed by atoms with E-state index in [1.807, 2.05) is 0 Å². The molecule has 1 heterocycles. The summed E-state index contributed by atoms with van der Waals surface area (Å²) in [4.78, 5) is 2.27. The Kier molecular flexibility index (Phi) is 4.92. The highest BCUT2D eigenvalue weighted by Crippen LogP contribution is 2.19. The molecule has 1 aromatic carbocycles. The predicted octanol–water partition coefficient (Wildman–Crippen LogP) is 0.950. The highest BCUT2D eigenvalue weighted by atomic mass is 19.1. The zero-order valence-corrected chi connectivity index (χ0v) is 10.9. The smallest absolute Gasteiger partial charge is 0.138 e. The summed E-state index contributed by atoms with van der Waals surface area (Å²) < 4.78 is 13.5. The van der Waals surface area contributed by atoms with E-state index in [4.69, 9.17) is 10.8 Å². The minimum absolute atomic E-state index is 0.230. The van der Waals surface area contributed by atoms with Crippen molar-refractivity contribution in [1.82, 2.24) is 4.90 Å². The van der Waals surface area contributed by atoms with Crippen LogP contribution in [0, 0.1) is 23.6 Å². The molecule has 3 N–H and O–H groups in total. The SMILES string of the molecule is NCC#Cc1cc(CN2CCC(CO)C2)ccc1F. The number of hydrogen-bond acceptors (Lipinski definition) is 3. The summed E-state index contributed by atoms with van der Waals surface area (Å²) in [6, 6.07) is 5.02. The minimum atomic E-state index is -0.306. The van der Waals surface area contributed by atoms with Crippen LogP contribution in [0.4, 0.5) is 4.39 Å². The van der Waals surface area contributed by atoms with Crippen molar-refractivity contribution in [2.75, 3.05) is 26.2 Å². The molecule has 0 bridgehead atoms. The van der Waals surface area contributed by atoms with Crippen molar-refractivity contribution in [2.24, 2.45) is 11.7 Å². The molecule has 1 aromatic rings. The maximum atomic E-state index is 13.5. The summed E-state index contributed by atoms with van der Waals surface area (Å²) in [5, 5.41) is 9.12. The molecule has 102 valence electrons. The molecule has 1 saturated heterocycles. The van der Waals surface area contributed by atoms with Crippen LogP contribution in [-0.4, -0.2) is 36.2 Å². The quantitative estimate of drug-likeness (QED) is 0.797. The fourth-order valence-corrected chi connectivity index (χ4v) is 2.38. The Morgan fingerprint density at radius 3 is 3.00 bits per heavy atom. The van der Waals surface area contributed by atoms with Gasteiger partial charge >= 0.3 is 0 Å². The molecular formula is C15H19FN2O. The number of aliphatic hydroxyl groups is 1. The molecular weight excluding hydrogens is 243 g/mol. The number of hydrogen-bond donors (Lipinski definition) is 2. The minimum Gasteiger partial charge on any atom is -0.396 e. The molecule has 0 saturated carbocycles. The number of aliphatic hydroxyl groups excluding tert-OH is 1. The van der Waals surface area contributed by atoms with Gasteiger partial charge in [-0.25, -0.2) is 4.39 Å². The number of nitrogens with zero attached hydrogens (tertiary/aromatic N) is 1. The van der Waals surface area contributed by atoms with E-state index in [1.54, 1.807) is 12.1 Å². The lowest BCUT2D eigenvalue weighted by molar-refractivity contribution is 0.220. The van der Waals surface area contributed by atoms with E-state index in [0.29, 0.717) is 11.5 Å². The maximum Gasteiger partial charge on any atom is 0.138 e. The van der Waals surface area contributed by atoms with Gasteiger partial charge in [0, 0.05) is 19.7 Å². The maximum absolute atomic E-state index is 13.5. The van der Waals surface area contributed by atoms with E-state index < -0.39 is 0 Å². The van der Waals surface area contributed by atoms with Crippen molar-refractivity contribution in [1.29, 1.82) is 0 Å². The van der Waals surface area contributed by atoms with Crippen LogP contribution in [0.3, 0.4) is 0 Å². The second-order valence-electron chi connectivity index (χ2n) is 4.89. The fourth-order valence-electron chi connectivity index (χ4n) is 2.38. The van der Waals surface area contributed by atoms with Crippen molar-refractivity contribution >= 4 is 0 Å². The van der Waals surface area contributed by atoms with Crippen molar-refractivity contribution in [2.45, 2.75) is 13.0 Å². The van der Waals surface area contributed by atoms with Crippen LogP contribution in [0.2, 0.25) is 0 Å². The highest BCUT2D eigenvalue weighted by molar-refractivity contribution is 5.38. The van der Waals surface area contributed by atoms with Crippen LogP contribution in [0.5, 0.6) is 0 Å². The van der Waals surface area contributed by atoms with Gasteiger partial charge in [0.2, 0.25) is 0 Å². The molecule has 1 fully saturated rings. The van der Waals surface area contributed by atoms with Gasteiger partial charge in [0.05, 0.1) is 12.1 Å². The summed E-state index contributed by atoms with van der Waals surface area (Å²) >= 11 is 0. The lowest BCUT2D eigenvalue weighted by atomic mass is 10.1. The molecule has 1 unspecified atom stereocenters. The monoisotopic (exact) mass is 262 g/mol. The van der Waals surface area contributed by atoms with E-state index in [1.165, 1.54) is 6.07 Å². The van der Waals surface area contributed by atoms with Crippen LogP contribution in [0.25, 0.3) is 0 Å². The van der Waals surface area contributed by atoms with Gasteiger partial charge < -0.3 is 10.8 Å². The Morgan fingerprint density at radius 2 is 2.32 bits per heavy atom. The van der Waals surface area contributed by atoms with Crippen LogP contribution < -0.4 is 5.73 Å². The molecule has 1 aliphatic rings. The number of benzene rings is 1. The topological polar surface area (TPSA) is 49.5 Å². The molecule has 0 amide bonds. The highest BCUT2D eigenvalue weighted by Gasteiger charge is 2.21. The van der Waals surface area contributed by atoms with Gasteiger partial charge in [0.25, 0.3) is 0 Å². The third-order valence-corrected chi connectivity index (χ3v) is 3.39. The zero-order valence-electron chi connectivity index (χ0n) is 10.9. The third-order valence-electron chi connectivity index (χ3n) is 3.39. The average Bonchev–Trinajstić information content (AvgIpc) is 2.87. The average molecular weight is 262 g/mol. The normalized spacial score (nSPS) is 19.2. The Labute approximate surface area is 113 Å². The Balaban J connectivity index is 2.05. The summed E-state index contributed by atoms with van der Waals surface area (Å²) in [7, 11) is 0. The predicted molar refractivity (Wildman–Crippen MR) is 72.8 cm³/mol. The Bertz CT molecular complexity index is 493. The Morgan fingerprint density at radius 1 is 1.47 bits per heavy atom. The van der Waals surface area contributed by atoms with E-state index in [0.717, 1.165) is 31.6 Å². The number of halogens is 1. The number of nitrogens with two attached hydrogens (primary N) is 1. The van der Waals surface area contributed by atoms with Crippen LogP contribution in [0.1, 0.15) is 17.5 Å². The molecule has 3 nitrogen and oxygen atoms in total. The molecule has 0 spiro atoms. The van der Waals surface area contributed by atoms with Crippen molar-refractivity contribution in [3.63, 3.8) is 0 Å². The van der Waals surface area contributed by atoms with Gasteiger partial charge in [-0.1, -0.05) is 17.9 Å². The number of likely N-dealkylation sites (tertiary alicyclic amines) is 1. The van der Waals surface area contributed by atoms with E-state index in [2.05, 4.69) is 16.7 Å². The van der Waals surface area contributed by atoms with Crippen molar-refractivity contribution < 1.29 is 9.50 Å². The molecule has 0 radical (unpaired) electrons. The summed E-state index contributed by atoms with van der Waals surface area (Å²) in [6.45, 7) is 3.12. The van der Waals surface area contributed by atoms with Gasteiger partial charge in [-0.05, 0) is 36.6 Å². The van der Waals surface area contributed by atoms with Crippen LogP contribution in [-0.2, 0) is 6.54 Å². The largest absolute Gasteiger partial charge is 0.396 e. The van der Waals surface area contributed by atoms with Crippen LogP contribution >= 0.6 is 0 Å². The summed E-state index contributed by atoms with van der Waals surface area (Å²) in [5.41, 5.74) is 6.75. The lowest BCUT2D eigenvalue weighted by Crippen LogP contribution is -2.21. The standard InChI is InChI=1S/C15H19FN2O/c16-15-4-3-12(8-14(15)2-1-6-17)9-18-7-5-13(10-18)11-19/h3-4,8,13,19H,5-7,9-11,17H2. The van der Waals surface area contributed by atoms with Gasteiger partial charge in [-0.2, -0.15) is 0 Å². The van der Waals surface area contributed by atoms with E-state index >= 15 is 0 Å². The zero-order chi connectivity index (χ0) is 13.7. The number of rotatable bonds is 3. The second-order valence-corrected chi connectivity index (χ2v) is 4.89. The van der Waals surface area contributed by atoms with Gasteiger partial charge in [0.15, 0.2) is 0 Å². The van der Waals surface area contributed by atoms with Crippen molar-refractivity contribution in [3.05, 3.63) is 35.1 Å². The first-order valence-electron chi connectivity index (χ1n) is 6.53. The molecule has 0 aromatic heterocycles. The molecule has 19 heavy (non-hydrogen) atoms. The van der Waals surface area contributed by atoms with E-state index in [9.17, 15) is 4.39 Å². The molecule has 4 heteroatoms. The van der Waals surface area contributed by atoms with Gasteiger partial charge in [-0.15, -0.1) is 0 Å². The van der Waals surface area contributed by atoms with Gasteiger partial charge in [-0.3, -0.25) is 4.90 Å². The van der Waals surface area contributed by atoms with Crippen molar-refractivity contribution in [3.8, 4) is 11.8 Å². The molecule has 0 aliphatic carbocycles. The summed E-state index contributed by atoms with van der Waals surface area (Å²) in [6.07, 6.45) is 1.03. The first-order valence-corrected chi connectivity index (χ1v) is 6.53. The van der Waals surface area contributed by atoms with E-state index in [-0.39, 0.29) is 19.0 Å². The molecule has 1 atom stereocenters. The summed E-state index contributed by atoms with van der Waals surface area (Å²) in [5.74, 6) is 5.49. The fraction of sp³-hybridized carbons (Fsp3) is 0.467. The van der Waals surface area contributed by atoms with Crippen LogP contribution in [0.15, 0.2) is 18.2 Å². The first kappa shape index (κ1) is 14.0. The third kappa shape index (κ3) is 3.77. The molecule has 2 rings (SSSR count). The lowest BCUT2D eigenvalue weighted by Gasteiger charge is -2.15. The van der Waals surface area contributed by atoms with Gasteiger partial charge in [0.1, 0.15) is 5.82 Å². The molecule has 1 aliphatic heterocycles. The second kappa shape index (κ2) is 6.67.